The van der Waals surface area contributed by atoms with Crippen LogP contribution < -0.4 is 21.2 Å². The van der Waals surface area contributed by atoms with E-state index in [0.29, 0.717) is 17.4 Å². The van der Waals surface area contributed by atoms with Crippen LogP contribution in [0.15, 0.2) is 103 Å². The molecule has 0 radical (unpaired) electrons. The van der Waals surface area contributed by atoms with Crippen LogP contribution in [-0.4, -0.2) is 38.2 Å². The smallest absolute Gasteiger partial charge is 0.159 e. The number of pyridine rings is 1. The minimum absolute atomic E-state index is 0.642. The van der Waals surface area contributed by atoms with Crippen molar-refractivity contribution in [2.75, 3.05) is 13.1 Å². The van der Waals surface area contributed by atoms with Crippen LogP contribution in [0.25, 0.3) is 29.7 Å². The van der Waals surface area contributed by atoms with Gasteiger partial charge in [0.05, 0.1) is 16.7 Å². The quantitative estimate of drug-likeness (QED) is 0.171. The number of aromatic nitrogens is 5. The summed E-state index contributed by atoms with van der Waals surface area (Å²) in [5.41, 5.74) is 8.22. The largest absolute Gasteiger partial charge is 0.359 e. The van der Waals surface area contributed by atoms with E-state index >= 15 is 0 Å². The molecule has 7 nitrogen and oxygen atoms in total. The van der Waals surface area contributed by atoms with Crippen molar-refractivity contribution in [1.29, 1.82) is 0 Å². The standard InChI is InChI=1S/C36H43N7.C2H6/c1-8-13-31(33-14-11-12-19-38-33)35-27(7)40-36(41-35)34-26(6)32(42-43-34)16-15-24(4)29(9-2)23-30(10-3)39-25(5)22-28-17-20-37-21-18-28;1-2/h8-16,19,23,28,37,39,42H,1,3,5-6,17-18,20-22H2,2,4,7H3,(H,40,41);1-2H3/b24-15+,29-9+,30-23+,31-13-,32-16+;. The van der Waals surface area contributed by atoms with E-state index in [-0.39, 0.29) is 0 Å². The summed E-state index contributed by atoms with van der Waals surface area (Å²) >= 11 is 0. The molecule has 3 aromatic rings. The lowest BCUT2D eigenvalue weighted by atomic mass is 9.93. The molecule has 0 saturated carbocycles. The third-order valence-electron chi connectivity index (χ3n) is 7.60. The molecule has 0 unspecified atom stereocenters. The van der Waals surface area contributed by atoms with Crippen LogP contribution in [0.2, 0.25) is 0 Å². The fourth-order valence-electron chi connectivity index (χ4n) is 5.21. The average Bonchev–Trinajstić information content (AvgIpc) is 3.63. The number of aromatic amines is 2. The van der Waals surface area contributed by atoms with Gasteiger partial charge in [0.15, 0.2) is 5.82 Å². The summed E-state index contributed by atoms with van der Waals surface area (Å²) < 4.78 is 0. The number of hydrogen-bond donors (Lipinski definition) is 4. The Labute approximate surface area is 268 Å². The second-order valence-corrected chi connectivity index (χ2v) is 10.7. The average molecular weight is 604 g/mol. The van der Waals surface area contributed by atoms with E-state index < -0.39 is 0 Å². The Bertz CT molecular complexity index is 1690. The zero-order valence-electron chi connectivity index (χ0n) is 27.6. The molecular weight excluding hydrogens is 554 g/mol. The van der Waals surface area contributed by atoms with Gasteiger partial charge in [-0.1, -0.05) is 70.5 Å². The van der Waals surface area contributed by atoms with Crippen molar-refractivity contribution in [2.45, 2.75) is 53.9 Å². The lowest BCUT2D eigenvalue weighted by Crippen LogP contribution is -2.28. The highest BCUT2D eigenvalue weighted by Gasteiger charge is 2.17. The molecule has 3 aromatic heterocycles. The van der Waals surface area contributed by atoms with Crippen molar-refractivity contribution in [3.63, 3.8) is 0 Å². The van der Waals surface area contributed by atoms with Crippen molar-refractivity contribution >= 4 is 18.2 Å². The van der Waals surface area contributed by atoms with Gasteiger partial charge in [-0.15, -0.1) is 0 Å². The summed E-state index contributed by atoms with van der Waals surface area (Å²) in [6.45, 7) is 28.7. The van der Waals surface area contributed by atoms with Gasteiger partial charge >= 0.3 is 0 Å². The van der Waals surface area contributed by atoms with Gasteiger partial charge in [-0.3, -0.25) is 10.1 Å². The van der Waals surface area contributed by atoms with Gasteiger partial charge in [0.25, 0.3) is 0 Å². The molecule has 0 aromatic carbocycles. The monoisotopic (exact) mass is 603 g/mol. The van der Waals surface area contributed by atoms with Crippen molar-refractivity contribution in [3.05, 3.63) is 131 Å². The summed E-state index contributed by atoms with van der Waals surface area (Å²) in [5, 5.41) is 16.1. The third-order valence-corrected chi connectivity index (χ3v) is 7.60. The molecule has 0 bridgehead atoms. The van der Waals surface area contributed by atoms with Gasteiger partial charge in [-0.05, 0) is 101 Å². The molecule has 4 heterocycles. The molecule has 1 aliphatic heterocycles. The predicted octanol–water partition coefficient (Wildman–Crippen LogP) is 6.79. The molecule has 1 aliphatic rings. The van der Waals surface area contributed by atoms with E-state index in [1.807, 2.05) is 64.1 Å². The Morgan fingerprint density at radius 1 is 1.13 bits per heavy atom. The highest BCUT2D eigenvalue weighted by molar-refractivity contribution is 5.79. The summed E-state index contributed by atoms with van der Waals surface area (Å²) in [6.07, 6.45) is 18.9. The zero-order valence-corrected chi connectivity index (χ0v) is 27.6. The van der Waals surface area contributed by atoms with Crippen LogP contribution in [0.1, 0.15) is 64.0 Å². The second kappa shape index (κ2) is 17.5. The fraction of sp³-hybridized carbons (Fsp3) is 0.289. The lowest BCUT2D eigenvalue weighted by molar-refractivity contribution is 0.368. The van der Waals surface area contributed by atoms with Crippen LogP contribution in [0, 0.1) is 12.8 Å². The van der Waals surface area contributed by atoms with Gasteiger partial charge in [-0.25, -0.2) is 4.98 Å². The highest BCUT2D eigenvalue weighted by atomic mass is 15.1. The summed E-state index contributed by atoms with van der Waals surface area (Å²) in [6, 6.07) is 5.81. The molecule has 1 saturated heterocycles. The van der Waals surface area contributed by atoms with E-state index in [1.165, 1.54) is 12.8 Å². The Hall–Kier alpha value is -4.75. The number of H-pyrrole nitrogens is 2. The molecule has 7 heteroatoms. The fourth-order valence-corrected chi connectivity index (χ4v) is 5.21. The molecule has 4 N–H and O–H groups in total. The van der Waals surface area contributed by atoms with Crippen LogP contribution in [0.4, 0.5) is 0 Å². The molecule has 236 valence electrons. The second-order valence-electron chi connectivity index (χ2n) is 10.7. The Kier molecular flexibility index (Phi) is 13.5. The van der Waals surface area contributed by atoms with Crippen LogP contribution in [-0.2, 0) is 0 Å². The van der Waals surface area contributed by atoms with Gasteiger partial charge in [0.1, 0.15) is 5.69 Å². The Balaban J connectivity index is 0.00000271. The SMILES string of the molecule is C=C/C=C(/c1ccccn1)c1nc(-c2n[nH]/c(=C/C=C(C)/C(/C=C(\C=C)NC(=C)CC3CCNCC3)=C/C)c2=C)[nH]c1C.CC. The maximum absolute atomic E-state index is 4.88. The van der Waals surface area contributed by atoms with Crippen LogP contribution in [0.3, 0.4) is 0 Å². The summed E-state index contributed by atoms with van der Waals surface area (Å²) in [7, 11) is 0. The van der Waals surface area contributed by atoms with Gasteiger partial charge < -0.3 is 15.6 Å². The Morgan fingerprint density at radius 2 is 1.89 bits per heavy atom. The maximum Gasteiger partial charge on any atom is 0.159 e. The maximum atomic E-state index is 4.88. The summed E-state index contributed by atoms with van der Waals surface area (Å²) in [5.74, 6) is 1.31. The van der Waals surface area contributed by atoms with Crippen LogP contribution >= 0.6 is 0 Å². The number of aryl methyl sites for hydroxylation is 1. The van der Waals surface area contributed by atoms with Gasteiger partial charge in [0.2, 0.25) is 0 Å². The molecule has 4 rings (SSSR count). The normalized spacial score (nSPS) is 15.4. The molecular formula is C38H49N7. The number of rotatable bonds is 12. The van der Waals surface area contributed by atoms with E-state index in [4.69, 9.17) is 4.98 Å². The summed E-state index contributed by atoms with van der Waals surface area (Å²) in [4.78, 5) is 12.8. The van der Waals surface area contributed by atoms with Crippen molar-refractivity contribution in [2.24, 2.45) is 5.92 Å². The first-order valence-corrected chi connectivity index (χ1v) is 15.7. The Morgan fingerprint density at radius 3 is 2.53 bits per heavy atom. The minimum atomic E-state index is 0.642. The number of imidazole rings is 1. The first kappa shape index (κ1) is 34.7. The van der Waals surface area contributed by atoms with E-state index in [2.05, 4.69) is 82.3 Å². The number of allylic oxidation sites excluding steroid dienone is 9. The van der Waals surface area contributed by atoms with Gasteiger partial charge in [0, 0.05) is 34.1 Å². The predicted molar refractivity (Wildman–Crippen MR) is 191 cm³/mol. The van der Waals surface area contributed by atoms with E-state index in [1.54, 1.807) is 12.3 Å². The van der Waals surface area contributed by atoms with Crippen molar-refractivity contribution < 1.29 is 0 Å². The van der Waals surface area contributed by atoms with Gasteiger partial charge in [-0.2, -0.15) is 5.10 Å². The molecule has 0 spiro atoms. The number of nitrogens with one attached hydrogen (secondary N) is 4. The van der Waals surface area contributed by atoms with Crippen LogP contribution in [0.5, 0.6) is 0 Å². The molecule has 0 amide bonds. The van der Waals surface area contributed by atoms with Crippen molar-refractivity contribution in [1.82, 2.24) is 35.8 Å². The minimum Gasteiger partial charge on any atom is -0.359 e. The van der Waals surface area contributed by atoms with Crippen molar-refractivity contribution in [3.8, 4) is 11.5 Å². The number of nitrogens with zero attached hydrogens (tertiary/aromatic N) is 3. The van der Waals surface area contributed by atoms with E-state index in [9.17, 15) is 0 Å². The zero-order chi connectivity index (χ0) is 32.8. The lowest BCUT2D eigenvalue weighted by Gasteiger charge is -2.24. The highest BCUT2D eigenvalue weighted by Crippen LogP contribution is 2.25. The number of piperidine rings is 1. The third kappa shape index (κ3) is 9.37. The first-order valence-electron chi connectivity index (χ1n) is 15.7. The molecule has 0 atom stereocenters. The molecule has 45 heavy (non-hydrogen) atoms. The van der Waals surface area contributed by atoms with E-state index in [0.717, 1.165) is 75.3 Å². The number of hydrogen-bond acceptors (Lipinski definition) is 5. The molecule has 0 aliphatic carbocycles. The topological polar surface area (TPSA) is 94.3 Å². The first-order chi connectivity index (χ1) is 21.8. The molecule has 1 fully saturated rings.